The second kappa shape index (κ2) is 3.21. The zero-order valence-corrected chi connectivity index (χ0v) is 8.87. The highest BCUT2D eigenvalue weighted by Gasteiger charge is 2.45. The summed E-state index contributed by atoms with van der Waals surface area (Å²) in [4.78, 5) is 14.2. The fourth-order valence-electron chi connectivity index (χ4n) is 1.96. The fraction of sp³-hybridized carbons (Fsp3) is 0.417. The summed E-state index contributed by atoms with van der Waals surface area (Å²) >= 11 is 0. The molecule has 1 saturated carbocycles. The molecule has 1 N–H and O–H groups in total. The number of hydrogen-bond acceptors (Lipinski definition) is 3. The van der Waals surface area contributed by atoms with Crippen LogP contribution in [0.1, 0.15) is 29.5 Å². The van der Waals surface area contributed by atoms with Crippen LogP contribution in [0.25, 0.3) is 0 Å². The van der Waals surface area contributed by atoms with Crippen LogP contribution in [0.3, 0.4) is 0 Å². The highest BCUT2D eigenvalue weighted by atomic mass is 16.3. The molecule has 3 nitrogen and oxygen atoms in total. The molecule has 1 aromatic rings. The summed E-state index contributed by atoms with van der Waals surface area (Å²) in [6.45, 7) is 3.82. The predicted molar refractivity (Wildman–Crippen MR) is 56.6 cm³/mol. The first-order chi connectivity index (χ1) is 7.10. The van der Waals surface area contributed by atoms with Crippen molar-refractivity contribution < 1.29 is 9.90 Å². The van der Waals surface area contributed by atoms with Crippen molar-refractivity contribution in [2.24, 2.45) is 4.99 Å². The Morgan fingerprint density at radius 2 is 2.00 bits per heavy atom. The number of phenolic OH excluding ortho intramolecular Hbond substituents is 1. The number of aromatic hydroxyl groups is 1. The van der Waals surface area contributed by atoms with Crippen LogP contribution in [-0.2, 0) is 10.3 Å². The number of rotatable bonds is 2. The van der Waals surface area contributed by atoms with E-state index >= 15 is 0 Å². The Morgan fingerprint density at radius 3 is 2.53 bits per heavy atom. The molecule has 0 amide bonds. The summed E-state index contributed by atoms with van der Waals surface area (Å²) in [7, 11) is 0. The maximum absolute atomic E-state index is 10.4. The number of benzene rings is 1. The average molecular weight is 203 g/mol. The van der Waals surface area contributed by atoms with Gasteiger partial charge in [0.2, 0.25) is 6.08 Å². The molecular weight excluding hydrogens is 190 g/mol. The van der Waals surface area contributed by atoms with Gasteiger partial charge in [0.1, 0.15) is 5.75 Å². The van der Waals surface area contributed by atoms with Gasteiger partial charge in [-0.05, 0) is 49.4 Å². The molecule has 0 aliphatic heterocycles. The minimum Gasteiger partial charge on any atom is -0.508 e. The zero-order chi connectivity index (χ0) is 11.1. The molecule has 0 radical (unpaired) electrons. The minimum absolute atomic E-state index is 0.294. The Balaban J connectivity index is 2.55. The van der Waals surface area contributed by atoms with Crippen molar-refractivity contribution in [1.29, 1.82) is 0 Å². The number of nitrogens with zero attached hydrogens (tertiary/aromatic N) is 1. The Morgan fingerprint density at radius 1 is 1.33 bits per heavy atom. The lowest BCUT2D eigenvalue weighted by molar-refractivity contribution is 0.469. The van der Waals surface area contributed by atoms with Crippen LogP contribution in [0.4, 0.5) is 0 Å². The molecule has 0 aromatic heterocycles. The first-order valence-corrected chi connectivity index (χ1v) is 4.99. The molecular formula is C12H13NO2. The van der Waals surface area contributed by atoms with Crippen LogP contribution >= 0.6 is 0 Å². The van der Waals surface area contributed by atoms with Crippen LogP contribution in [-0.4, -0.2) is 11.2 Å². The number of isocyanates is 1. The van der Waals surface area contributed by atoms with Crippen molar-refractivity contribution >= 4 is 6.08 Å². The van der Waals surface area contributed by atoms with Gasteiger partial charge in [-0.15, -0.1) is 0 Å². The van der Waals surface area contributed by atoms with Crippen molar-refractivity contribution in [2.75, 3.05) is 0 Å². The predicted octanol–water partition coefficient (Wildman–Crippen LogP) is 2.33. The number of carbonyl (C=O) groups excluding carboxylic acids is 1. The molecule has 15 heavy (non-hydrogen) atoms. The summed E-state index contributed by atoms with van der Waals surface area (Å²) in [5.41, 5.74) is 2.58. The van der Waals surface area contributed by atoms with Crippen LogP contribution in [0.2, 0.25) is 0 Å². The van der Waals surface area contributed by atoms with Crippen molar-refractivity contribution in [1.82, 2.24) is 0 Å². The second-order valence-electron chi connectivity index (χ2n) is 4.12. The molecule has 78 valence electrons. The van der Waals surface area contributed by atoms with E-state index in [1.54, 1.807) is 12.1 Å². The lowest BCUT2D eigenvalue weighted by Gasteiger charge is -2.14. The Hall–Kier alpha value is -1.60. The van der Waals surface area contributed by atoms with Crippen LogP contribution in [0.15, 0.2) is 17.1 Å². The summed E-state index contributed by atoms with van der Waals surface area (Å²) in [6, 6.07) is 3.52. The molecule has 1 aliphatic carbocycles. The first kappa shape index (κ1) is 9.94. The van der Waals surface area contributed by atoms with E-state index in [0.717, 1.165) is 29.5 Å². The van der Waals surface area contributed by atoms with E-state index in [2.05, 4.69) is 4.99 Å². The number of hydrogen-bond donors (Lipinski definition) is 1. The van der Waals surface area contributed by atoms with E-state index in [1.807, 2.05) is 19.9 Å². The van der Waals surface area contributed by atoms with Gasteiger partial charge in [-0.25, -0.2) is 4.79 Å². The summed E-state index contributed by atoms with van der Waals surface area (Å²) < 4.78 is 0. The number of aliphatic imine (C=N–C) groups is 1. The third-order valence-electron chi connectivity index (χ3n) is 3.24. The van der Waals surface area contributed by atoms with E-state index in [9.17, 15) is 9.90 Å². The van der Waals surface area contributed by atoms with Crippen molar-refractivity contribution in [2.45, 2.75) is 32.2 Å². The van der Waals surface area contributed by atoms with Gasteiger partial charge >= 0.3 is 0 Å². The first-order valence-electron chi connectivity index (χ1n) is 4.99. The molecule has 0 atom stereocenters. The van der Waals surface area contributed by atoms with Gasteiger partial charge in [0, 0.05) is 0 Å². The largest absolute Gasteiger partial charge is 0.508 e. The second-order valence-corrected chi connectivity index (χ2v) is 4.12. The summed E-state index contributed by atoms with van der Waals surface area (Å²) in [5, 5.41) is 9.53. The molecule has 2 rings (SSSR count). The Labute approximate surface area is 88.5 Å². The van der Waals surface area contributed by atoms with Crippen LogP contribution in [0, 0.1) is 13.8 Å². The zero-order valence-electron chi connectivity index (χ0n) is 8.87. The third kappa shape index (κ3) is 1.45. The molecule has 0 heterocycles. The summed E-state index contributed by atoms with van der Waals surface area (Å²) in [5.74, 6) is 0.294. The Kier molecular flexibility index (Phi) is 2.13. The van der Waals surface area contributed by atoms with E-state index in [0.29, 0.717) is 5.75 Å². The van der Waals surface area contributed by atoms with Gasteiger partial charge in [-0.1, -0.05) is 6.07 Å². The molecule has 0 spiro atoms. The van der Waals surface area contributed by atoms with E-state index in [-0.39, 0.29) is 5.54 Å². The number of phenols is 1. The molecule has 1 fully saturated rings. The topological polar surface area (TPSA) is 49.7 Å². The molecule has 0 unspecified atom stereocenters. The maximum atomic E-state index is 10.4. The average Bonchev–Trinajstić information content (AvgIpc) is 2.96. The molecule has 1 aromatic carbocycles. The van der Waals surface area contributed by atoms with Crippen molar-refractivity contribution in [3.05, 3.63) is 28.8 Å². The summed E-state index contributed by atoms with van der Waals surface area (Å²) in [6.07, 6.45) is 3.44. The normalized spacial score (nSPS) is 16.9. The highest BCUT2D eigenvalue weighted by Crippen LogP contribution is 2.51. The SMILES string of the molecule is Cc1c(O)ccc(C2(N=C=O)CC2)c1C. The van der Waals surface area contributed by atoms with Gasteiger partial charge in [-0.3, -0.25) is 0 Å². The molecule has 3 heteroatoms. The van der Waals surface area contributed by atoms with Gasteiger partial charge in [0.25, 0.3) is 0 Å². The van der Waals surface area contributed by atoms with Gasteiger partial charge in [0.15, 0.2) is 0 Å². The van der Waals surface area contributed by atoms with E-state index in [4.69, 9.17) is 0 Å². The van der Waals surface area contributed by atoms with Crippen LogP contribution in [0.5, 0.6) is 5.75 Å². The Bertz CT molecular complexity index is 455. The molecule has 0 saturated heterocycles. The molecule has 0 bridgehead atoms. The van der Waals surface area contributed by atoms with Gasteiger partial charge in [0.05, 0.1) is 5.54 Å². The third-order valence-corrected chi connectivity index (χ3v) is 3.24. The fourth-order valence-corrected chi connectivity index (χ4v) is 1.96. The molecule has 1 aliphatic rings. The minimum atomic E-state index is -0.343. The lowest BCUT2D eigenvalue weighted by atomic mass is 9.95. The monoisotopic (exact) mass is 203 g/mol. The van der Waals surface area contributed by atoms with E-state index < -0.39 is 0 Å². The standard InChI is InChI=1S/C12H13NO2/c1-8-9(2)11(15)4-3-10(8)12(5-6-12)13-7-14/h3-4,15H,5-6H2,1-2H3. The quantitative estimate of drug-likeness (QED) is 0.592. The van der Waals surface area contributed by atoms with Gasteiger partial charge in [-0.2, -0.15) is 4.99 Å². The van der Waals surface area contributed by atoms with Crippen LogP contribution < -0.4 is 0 Å². The highest BCUT2D eigenvalue weighted by molar-refractivity contribution is 5.50. The smallest absolute Gasteiger partial charge is 0.235 e. The van der Waals surface area contributed by atoms with Crippen molar-refractivity contribution in [3.8, 4) is 5.75 Å². The maximum Gasteiger partial charge on any atom is 0.235 e. The van der Waals surface area contributed by atoms with E-state index in [1.165, 1.54) is 0 Å². The van der Waals surface area contributed by atoms with Gasteiger partial charge < -0.3 is 5.11 Å². The lowest BCUT2D eigenvalue weighted by Crippen LogP contribution is -2.05. The van der Waals surface area contributed by atoms with Crippen molar-refractivity contribution in [3.63, 3.8) is 0 Å².